The Balaban J connectivity index is 0.00000225. The molecule has 0 radical (unpaired) electrons. The molecule has 6 heteroatoms. The van der Waals surface area contributed by atoms with Gasteiger partial charge in [0.25, 0.3) is 0 Å². The summed E-state index contributed by atoms with van der Waals surface area (Å²) < 4.78 is 36.2. The van der Waals surface area contributed by atoms with E-state index in [1.54, 1.807) is 13.0 Å². The van der Waals surface area contributed by atoms with Gasteiger partial charge in [0, 0.05) is 11.6 Å². The summed E-state index contributed by atoms with van der Waals surface area (Å²) in [4.78, 5) is 0. The zero-order chi connectivity index (χ0) is 11.6. The van der Waals surface area contributed by atoms with Crippen molar-refractivity contribution >= 4 is 12.4 Å². The first kappa shape index (κ1) is 15.1. The molecule has 0 unspecified atom stereocenters. The van der Waals surface area contributed by atoms with E-state index in [0.717, 1.165) is 5.56 Å². The van der Waals surface area contributed by atoms with E-state index in [1.807, 2.05) is 0 Å². The maximum absolute atomic E-state index is 12.1. The van der Waals surface area contributed by atoms with Gasteiger partial charge in [-0.1, -0.05) is 17.7 Å². The van der Waals surface area contributed by atoms with E-state index >= 15 is 0 Å². The van der Waals surface area contributed by atoms with Gasteiger partial charge in [-0.15, -0.1) is 12.4 Å². The standard InChI is InChI=1S/C10H12F3NO.ClH/c1-6-2-3-9(15)7(4-6)8(14)5-10(11,12)13;/h2-4,8,15H,5,14H2,1H3;1H/t8-;/m1./s1. The van der Waals surface area contributed by atoms with Crippen molar-refractivity contribution in [3.63, 3.8) is 0 Å². The van der Waals surface area contributed by atoms with Crippen LogP contribution in [0.3, 0.4) is 0 Å². The molecule has 16 heavy (non-hydrogen) atoms. The molecular weight excluding hydrogens is 243 g/mol. The second kappa shape index (κ2) is 5.41. The molecule has 0 aliphatic heterocycles. The fourth-order valence-electron chi connectivity index (χ4n) is 1.33. The van der Waals surface area contributed by atoms with Crippen molar-refractivity contribution in [2.75, 3.05) is 0 Å². The van der Waals surface area contributed by atoms with Crippen molar-refractivity contribution in [2.24, 2.45) is 5.73 Å². The molecule has 3 N–H and O–H groups in total. The normalized spacial score (nSPS) is 13.1. The largest absolute Gasteiger partial charge is 0.508 e. The molecule has 0 aliphatic carbocycles. The van der Waals surface area contributed by atoms with E-state index in [9.17, 15) is 18.3 Å². The van der Waals surface area contributed by atoms with Gasteiger partial charge in [0.2, 0.25) is 0 Å². The number of halogens is 4. The first-order chi connectivity index (χ1) is 6.79. The minimum Gasteiger partial charge on any atom is -0.508 e. The quantitative estimate of drug-likeness (QED) is 0.853. The monoisotopic (exact) mass is 255 g/mol. The molecule has 1 aromatic carbocycles. The number of alkyl halides is 3. The molecule has 0 bridgehead atoms. The topological polar surface area (TPSA) is 46.2 Å². The summed E-state index contributed by atoms with van der Waals surface area (Å²) in [6.07, 6.45) is -5.46. The summed E-state index contributed by atoms with van der Waals surface area (Å²) in [7, 11) is 0. The lowest BCUT2D eigenvalue weighted by atomic mass is 10.0. The molecule has 1 aromatic rings. The van der Waals surface area contributed by atoms with E-state index in [0.29, 0.717) is 0 Å². The van der Waals surface area contributed by atoms with Crippen LogP contribution in [0.1, 0.15) is 23.6 Å². The maximum atomic E-state index is 12.1. The van der Waals surface area contributed by atoms with Crippen LogP contribution in [0.25, 0.3) is 0 Å². The summed E-state index contributed by atoms with van der Waals surface area (Å²) in [6.45, 7) is 1.73. The highest BCUT2D eigenvalue weighted by molar-refractivity contribution is 5.85. The third-order valence-corrected chi connectivity index (χ3v) is 2.03. The van der Waals surface area contributed by atoms with E-state index in [2.05, 4.69) is 0 Å². The summed E-state index contributed by atoms with van der Waals surface area (Å²) in [5.74, 6) is -0.197. The van der Waals surface area contributed by atoms with Gasteiger partial charge in [-0.25, -0.2) is 0 Å². The number of benzene rings is 1. The lowest BCUT2D eigenvalue weighted by molar-refractivity contribution is -0.138. The van der Waals surface area contributed by atoms with Crippen LogP contribution >= 0.6 is 12.4 Å². The van der Waals surface area contributed by atoms with Crippen LogP contribution in [0.4, 0.5) is 13.2 Å². The zero-order valence-corrected chi connectivity index (χ0v) is 9.40. The van der Waals surface area contributed by atoms with Crippen LogP contribution in [0.15, 0.2) is 18.2 Å². The highest BCUT2D eigenvalue weighted by atomic mass is 35.5. The number of phenolic OH excluding ortho intramolecular Hbond substituents is 1. The Kier molecular flexibility index (Phi) is 5.09. The molecular formula is C10H13ClF3NO. The molecule has 0 saturated heterocycles. The van der Waals surface area contributed by atoms with Gasteiger partial charge in [0.05, 0.1) is 6.42 Å². The molecule has 1 rings (SSSR count). The molecule has 0 saturated carbocycles. The summed E-state index contributed by atoms with van der Waals surface area (Å²) in [5, 5.41) is 9.35. The van der Waals surface area contributed by atoms with Gasteiger partial charge in [0.1, 0.15) is 5.75 Å². The molecule has 0 amide bonds. The first-order valence-electron chi connectivity index (χ1n) is 4.41. The number of hydrogen-bond acceptors (Lipinski definition) is 2. The molecule has 0 aromatic heterocycles. The van der Waals surface area contributed by atoms with Gasteiger partial charge in [0.15, 0.2) is 0 Å². The lowest BCUT2D eigenvalue weighted by Crippen LogP contribution is -2.20. The lowest BCUT2D eigenvalue weighted by Gasteiger charge is -2.16. The third-order valence-electron chi connectivity index (χ3n) is 2.03. The fraction of sp³-hybridized carbons (Fsp3) is 0.400. The van der Waals surface area contributed by atoms with Crippen molar-refractivity contribution in [3.8, 4) is 5.75 Å². The van der Waals surface area contributed by atoms with E-state index < -0.39 is 18.6 Å². The van der Waals surface area contributed by atoms with Crippen LogP contribution < -0.4 is 5.73 Å². The predicted molar refractivity (Wildman–Crippen MR) is 57.7 cm³/mol. The molecule has 1 atom stereocenters. The number of phenols is 1. The summed E-state index contributed by atoms with van der Waals surface area (Å²) >= 11 is 0. The predicted octanol–water partition coefficient (Wildman–Crippen LogP) is 3.07. The molecule has 0 fully saturated rings. The maximum Gasteiger partial charge on any atom is 0.390 e. The van der Waals surface area contributed by atoms with Crippen molar-refractivity contribution in [1.82, 2.24) is 0 Å². The molecule has 0 spiro atoms. The number of hydrogen-bond donors (Lipinski definition) is 2. The van der Waals surface area contributed by atoms with Crippen molar-refractivity contribution in [3.05, 3.63) is 29.3 Å². The number of aromatic hydroxyl groups is 1. The van der Waals surface area contributed by atoms with Crippen molar-refractivity contribution in [1.29, 1.82) is 0 Å². The van der Waals surface area contributed by atoms with Gasteiger partial charge in [-0.3, -0.25) is 0 Å². The summed E-state index contributed by atoms with van der Waals surface area (Å²) in [6, 6.07) is 3.20. The highest BCUT2D eigenvalue weighted by Crippen LogP contribution is 2.32. The fourth-order valence-corrected chi connectivity index (χ4v) is 1.33. The van der Waals surface area contributed by atoms with Crippen LogP contribution in [0, 0.1) is 6.92 Å². The van der Waals surface area contributed by atoms with Gasteiger partial charge in [-0.05, 0) is 13.0 Å². The van der Waals surface area contributed by atoms with E-state index in [4.69, 9.17) is 5.73 Å². The second-order valence-corrected chi connectivity index (χ2v) is 3.49. The Morgan fingerprint density at radius 2 is 1.94 bits per heavy atom. The Labute approximate surface area is 97.7 Å². The minimum absolute atomic E-state index is 0. The number of rotatable bonds is 2. The molecule has 92 valence electrons. The van der Waals surface area contributed by atoms with E-state index in [1.165, 1.54) is 12.1 Å². The SMILES string of the molecule is Cc1ccc(O)c([C@H](N)CC(F)(F)F)c1.Cl. The Morgan fingerprint density at radius 3 is 2.44 bits per heavy atom. The average molecular weight is 256 g/mol. The van der Waals surface area contributed by atoms with Crippen molar-refractivity contribution < 1.29 is 18.3 Å². The van der Waals surface area contributed by atoms with Gasteiger partial charge < -0.3 is 10.8 Å². The average Bonchev–Trinajstić information content (AvgIpc) is 2.06. The Morgan fingerprint density at radius 1 is 1.38 bits per heavy atom. The number of aryl methyl sites for hydroxylation is 1. The highest BCUT2D eigenvalue weighted by Gasteiger charge is 2.31. The van der Waals surface area contributed by atoms with Crippen LogP contribution in [-0.4, -0.2) is 11.3 Å². The van der Waals surface area contributed by atoms with Crippen molar-refractivity contribution in [2.45, 2.75) is 25.6 Å². The Bertz CT molecular complexity index is 354. The van der Waals surface area contributed by atoms with Gasteiger partial charge in [-0.2, -0.15) is 13.2 Å². The first-order valence-corrected chi connectivity index (χ1v) is 4.41. The third kappa shape index (κ3) is 4.28. The Hall–Kier alpha value is -0.940. The van der Waals surface area contributed by atoms with Crippen LogP contribution in [0.2, 0.25) is 0 Å². The second-order valence-electron chi connectivity index (χ2n) is 3.49. The van der Waals surface area contributed by atoms with Crippen LogP contribution in [0.5, 0.6) is 5.75 Å². The minimum atomic E-state index is -4.32. The molecule has 0 aliphatic rings. The van der Waals surface area contributed by atoms with Gasteiger partial charge >= 0.3 is 6.18 Å². The number of nitrogens with two attached hydrogens (primary N) is 1. The zero-order valence-electron chi connectivity index (χ0n) is 8.58. The molecule has 2 nitrogen and oxygen atoms in total. The van der Waals surface area contributed by atoms with Crippen LogP contribution in [-0.2, 0) is 0 Å². The molecule has 0 heterocycles. The summed E-state index contributed by atoms with van der Waals surface area (Å²) in [5.41, 5.74) is 6.27. The smallest absolute Gasteiger partial charge is 0.390 e. The van der Waals surface area contributed by atoms with E-state index in [-0.39, 0.29) is 23.7 Å².